The van der Waals surface area contributed by atoms with Crippen LogP contribution in [0.5, 0.6) is 0 Å². The third-order valence-electron chi connectivity index (χ3n) is 5.84. The number of hydrogen-bond acceptors (Lipinski definition) is 11. The molecule has 1 fully saturated rings. The van der Waals surface area contributed by atoms with Crippen molar-refractivity contribution in [2.75, 3.05) is 40.0 Å². The lowest BCUT2D eigenvalue weighted by Gasteiger charge is -2.43. The van der Waals surface area contributed by atoms with Crippen LogP contribution in [0.2, 0.25) is 0 Å². The van der Waals surface area contributed by atoms with E-state index in [4.69, 9.17) is 34.9 Å². The number of methoxy groups -OCH3 is 1. The Balaban J connectivity index is 2.38. The van der Waals surface area contributed by atoms with E-state index in [1.54, 1.807) is 0 Å². The molecule has 2 rings (SSSR count). The zero-order valence-electron chi connectivity index (χ0n) is 22.5. The number of aliphatic hydroxyl groups is 1. The van der Waals surface area contributed by atoms with Gasteiger partial charge in [0.2, 0.25) is 12.3 Å². The smallest absolute Gasteiger partial charge is 0.407 e. The van der Waals surface area contributed by atoms with Crippen molar-refractivity contribution < 1.29 is 38.0 Å². The molecule has 2 aliphatic heterocycles. The van der Waals surface area contributed by atoms with E-state index >= 15 is 0 Å². The Morgan fingerprint density at radius 3 is 2.74 bits per heavy atom. The molecule has 5 atom stereocenters. The van der Waals surface area contributed by atoms with Gasteiger partial charge in [-0.05, 0) is 27.7 Å². The molecule has 2 amide bonds. The molecular formula is C24H38N5O8P. The lowest BCUT2D eigenvalue weighted by Crippen LogP contribution is -2.59. The van der Waals surface area contributed by atoms with Crippen molar-refractivity contribution in [2.45, 2.75) is 70.4 Å². The third kappa shape index (κ3) is 8.52. The van der Waals surface area contributed by atoms with E-state index in [1.807, 2.05) is 27.7 Å². The standard InChI is InChI=1S/C24H38N5O8P/c1-7-11-26-23(32)34-14-19-21(37-38(36-13-8-10-25)29(17(2)3)18(4)5)24(33-6,16-35-19)15-28-12-9-20(30)27-22(28)31/h1,9,12,17-19,21-22,31H,8,11,13-16H2,2-6H3,(H,26,32)(H,27,30)/t19-,21?,22?,24?,38?/m1/s1. The Morgan fingerprint density at radius 1 is 1.45 bits per heavy atom. The quantitative estimate of drug-likeness (QED) is 0.160. The molecule has 4 unspecified atom stereocenters. The second kappa shape index (κ2) is 15.2. The molecular weight excluding hydrogens is 517 g/mol. The fraction of sp³-hybridized carbons (Fsp3) is 0.708. The van der Waals surface area contributed by atoms with Crippen molar-refractivity contribution in [3.05, 3.63) is 12.3 Å². The zero-order valence-corrected chi connectivity index (χ0v) is 23.3. The minimum absolute atomic E-state index is 0.00691. The fourth-order valence-electron chi connectivity index (χ4n) is 4.11. The summed E-state index contributed by atoms with van der Waals surface area (Å²) < 4.78 is 32.1. The molecule has 0 aromatic rings. The van der Waals surface area contributed by atoms with Crippen molar-refractivity contribution in [1.82, 2.24) is 20.2 Å². The van der Waals surface area contributed by atoms with Gasteiger partial charge in [0.1, 0.15) is 24.4 Å². The van der Waals surface area contributed by atoms with Gasteiger partial charge in [-0.15, -0.1) is 6.42 Å². The summed E-state index contributed by atoms with van der Waals surface area (Å²) in [5, 5.41) is 24.3. The van der Waals surface area contributed by atoms with Gasteiger partial charge in [0.05, 0.1) is 38.8 Å². The van der Waals surface area contributed by atoms with E-state index in [0.717, 1.165) is 0 Å². The molecule has 0 radical (unpaired) electrons. The van der Waals surface area contributed by atoms with E-state index < -0.39 is 44.7 Å². The molecule has 38 heavy (non-hydrogen) atoms. The van der Waals surface area contributed by atoms with Crippen LogP contribution < -0.4 is 10.6 Å². The van der Waals surface area contributed by atoms with Crippen LogP contribution in [0.15, 0.2) is 12.3 Å². The first-order valence-electron chi connectivity index (χ1n) is 12.3. The lowest BCUT2D eigenvalue weighted by atomic mass is 9.95. The van der Waals surface area contributed by atoms with Gasteiger partial charge in [-0.1, -0.05) is 5.92 Å². The Labute approximate surface area is 225 Å². The Hall–Kier alpha value is -2.48. The molecule has 0 aromatic heterocycles. The lowest BCUT2D eigenvalue weighted by molar-refractivity contribution is -0.133. The highest BCUT2D eigenvalue weighted by molar-refractivity contribution is 7.44. The number of terminal acetylenes is 1. The largest absolute Gasteiger partial charge is 0.447 e. The minimum Gasteiger partial charge on any atom is -0.447 e. The highest BCUT2D eigenvalue weighted by Gasteiger charge is 2.55. The topological polar surface area (TPSA) is 155 Å². The maximum absolute atomic E-state index is 12.1. The predicted molar refractivity (Wildman–Crippen MR) is 138 cm³/mol. The molecule has 0 aliphatic carbocycles. The van der Waals surface area contributed by atoms with Crippen LogP contribution in [-0.2, 0) is 28.1 Å². The zero-order chi connectivity index (χ0) is 28.3. The summed E-state index contributed by atoms with van der Waals surface area (Å²) in [5.41, 5.74) is -1.16. The number of nitrogens with zero attached hydrogens (tertiary/aromatic N) is 3. The Bertz CT molecular complexity index is 899. The molecule has 14 heteroatoms. The Morgan fingerprint density at radius 2 is 2.16 bits per heavy atom. The second-order valence-corrected chi connectivity index (χ2v) is 10.6. The first-order valence-corrected chi connectivity index (χ1v) is 13.4. The van der Waals surface area contributed by atoms with Crippen LogP contribution in [0.1, 0.15) is 34.1 Å². The number of nitrogens with one attached hydrogen (secondary N) is 2. The van der Waals surface area contributed by atoms with Crippen LogP contribution in [0, 0.1) is 23.7 Å². The van der Waals surface area contributed by atoms with Crippen molar-refractivity contribution in [2.24, 2.45) is 0 Å². The summed E-state index contributed by atoms with van der Waals surface area (Å²) in [6.45, 7) is 8.12. The number of rotatable bonds is 14. The normalized spacial score (nSPS) is 25.8. The van der Waals surface area contributed by atoms with Gasteiger partial charge in [-0.3, -0.25) is 4.79 Å². The van der Waals surface area contributed by atoms with Crippen molar-refractivity contribution in [3.8, 4) is 18.4 Å². The molecule has 0 saturated carbocycles. The average molecular weight is 556 g/mol. The molecule has 1 saturated heterocycles. The van der Waals surface area contributed by atoms with Gasteiger partial charge in [-0.25, -0.2) is 9.46 Å². The van der Waals surface area contributed by atoms with Gasteiger partial charge in [0, 0.05) is 31.5 Å². The number of ether oxygens (including phenoxy) is 3. The summed E-state index contributed by atoms with van der Waals surface area (Å²) in [5.74, 6) is 1.87. The molecule has 0 bridgehead atoms. The number of aliphatic hydroxyl groups excluding tert-OH is 1. The predicted octanol–water partition coefficient (Wildman–Crippen LogP) is 1.01. The summed E-state index contributed by atoms with van der Waals surface area (Å²) in [6.07, 6.45) is 4.50. The number of carbonyl (C=O) groups is 2. The summed E-state index contributed by atoms with van der Waals surface area (Å²) in [6, 6.07) is 2.14. The summed E-state index contributed by atoms with van der Waals surface area (Å²) in [7, 11) is -0.234. The summed E-state index contributed by atoms with van der Waals surface area (Å²) >= 11 is 0. The van der Waals surface area contributed by atoms with Crippen LogP contribution in [0.3, 0.4) is 0 Å². The molecule has 13 nitrogen and oxygen atoms in total. The maximum Gasteiger partial charge on any atom is 0.407 e. The van der Waals surface area contributed by atoms with Crippen LogP contribution >= 0.6 is 8.53 Å². The van der Waals surface area contributed by atoms with Crippen LogP contribution in [0.25, 0.3) is 0 Å². The number of hydrogen-bond donors (Lipinski definition) is 3. The number of carbonyl (C=O) groups excluding carboxylic acids is 2. The molecule has 0 aromatic carbocycles. The van der Waals surface area contributed by atoms with E-state index in [0.29, 0.717) is 0 Å². The minimum atomic E-state index is -1.72. The van der Waals surface area contributed by atoms with Gasteiger partial charge in [0.25, 0.3) is 8.53 Å². The highest BCUT2D eigenvalue weighted by atomic mass is 31.2. The maximum atomic E-state index is 12.1. The van der Waals surface area contributed by atoms with E-state index in [2.05, 4.69) is 27.3 Å². The van der Waals surface area contributed by atoms with Gasteiger partial charge in [0.15, 0.2) is 0 Å². The van der Waals surface area contributed by atoms with E-state index in [1.165, 1.54) is 24.3 Å². The monoisotopic (exact) mass is 555 g/mol. The first kappa shape index (κ1) is 31.7. The first-order chi connectivity index (χ1) is 18.1. The SMILES string of the molecule is C#CCNC(=O)OC[C@H]1OCC(CN2C=CC(=O)NC2O)(OC)C1OP(OCCC#N)N(C(C)C)C(C)C. The molecule has 3 N–H and O–H groups in total. The average Bonchev–Trinajstić information content (AvgIpc) is 3.19. The van der Waals surface area contributed by atoms with Crippen molar-refractivity contribution in [1.29, 1.82) is 5.26 Å². The number of alkyl carbamates (subject to hydrolysis) is 1. The highest BCUT2D eigenvalue weighted by Crippen LogP contribution is 2.50. The van der Waals surface area contributed by atoms with Gasteiger partial charge >= 0.3 is 6.09 Å². The summed E-state index contributed by atoms with van der Waals surface area (Å²) in [4.78, 5) is 25.2. The van der Waals surface area contributed by atoms with Crippen LogP contribution in [-0.4, -0.2) is 103 Å². The van der Waals surface area contributed by atoms with Crippen molar-refractivity contribution in [3.63, 3.8) is 0 Å². The number of amides is 2. The Kier molecular flexibility index (Phi) is 12.7. The van der Waals surface area contributed by atoms with Crippen LogP contribution in [0.4, 0.5) is 4.79 Å². The second-order valence-electron chi connectivity index (χ2n) is 9.22. The molecule has 2 heterocycles. The molecule has 2 aliphatic rings. The molecule has 212 valence electrons. The van der Waals surface area contributed by atoms with E-state index in [-0.39, 0.29) is 51.4 Å². The third-order valence-corrected chi connectivity index (χ3v) is 7.95. The van der Waals surface area contributed by atoms with Crippen molar-refractivity contribution >= 4 is 20.5 Å². The van der Waals surface area contributed by atoms with Gasteiger partial charge in [-0.2, -0.15) is 5.26 Å². The fourth-order valence-corrected chi connectivity index (χ4v) is 5.93. The van der Waals surface area contributed by atoms with Gasteiger partial charge < -0.3 is 43.9 Å². The number of nitriles is 1. The van der Waals surface area contributed by atoms with E-state index in [9.17, 15) is 14.7 Å². The molecule has 0 spiro atoms.